The molecule has 2 saturated heterocycles. The minimum Gasteiger partial charge on any atom is -0.507 e. The van der Waals surface area contributed by atoms with Gasteiger partial charge in [0, 0.05) is 35.6 Å². The molecular weight excluding hydrogens is 459 g/mol. The number of amides is 1. The van der Waals surface area contributed by atoms with Crippen LogP contribution in [0.25, 0.3) is 5.76 Å². The zero-order chi connectivity index (χ0) is 25.4. The number of methoxy groups -OCH3 is 1. The molecule has 1 unspecified atom stereocenters. The molecule has 2 fully saturated rings. The largest absolute Gasteiger partial charge is 0.507 e. The first-order chi connectivity index (χ1) is 17.4. The summed E-state index contributed by atoms with van der Waals surface area (Å²) in [4.78, 5) is 30.2. The van der Waals surface area contributed by atoms with Gasteiger partial charge in [-0.3, -0.25) is 14.5 Å². The minimum atomic E-state index is -1.12. The van der Waals surface area contributed by atoms with Crippen molar-refractivity contribution in [2.75, 3.05) is 30.0 Å². The molecule has 184 valence electrons. The van der Waals surface area contributed by atoms with E-state index < -0.39 is 23.5 Å². The maximum Gasteiger partial charge on any atom is 0.300 e. The summed E-state index contributed by atoms with van der Waals surface area (Å²) in [5.74, 6) is -2.00. The third kappa shape index (κ3) is 4.00. The number of ketones is 1. The standard InChI is InChI=1S/C29H27FN2O4/c1-18-17-21(36-2)13-14-22(18)27(33)25-26(23-7-3-4-8-24(23)30)32(29(35)28(25)34)20-11-9-19(10-12-20)31-15-5-6-16-31/h3-4,7-14,17,26,33H,5-6,15-16H2,1-2H3/b27-25+. The molecule has 0 bridgehead atoms. The molecule has 0 aromatic heterocycles. The van der Waals surface area contributed by atoms with Gasteiger partial charge in [-0.15, -0.1) is 0 Å². The van der Waals surface area contributed by atoms with Crippen LogP contribution in [0.4, 0.5) is 15.8 Å². The summed E-state index contributed by atoms with van der Waals surface area (Å²) >= 11 is 0. The predicted molar refractivity (Wildman–Crippen MR) is 137 cm³/mol. The predicted octanol–water partition coefficient (Wildman–Crippen LogP) is 5.37. The second-order valence-corrected chi connectivity index (χ2v) is 9.08. The van der Waals surface area contributed by atoms with Gasteiger partial charge in [-0.05, 0) is 73.9 Å². The smallest absolute Gasteiger partial charge is 0.300 e. The van der Waals surface area contributed by atoms with E-state index in [4.69, 9.17) is 4.74 Å². The molecule has 2 aliphatic heterocycles. The number of aliphatic hydroxyl groups excluding tert-OH is 1. The van der Waals surface area contributed by atoms with Gasteiger partial charge in [0.25, 0.3) is 11.7 Å². The lowest BCUT2D eigenvalue weighted by molar-refractivity contribution is -0.132. The summed E-state index contributed by atoms with van der Waals surface area (Å²) in [6.45, 7) is 3.71. The molecule has 0 radical (unpaired) electrons. The minimum absolute atomic E-state index is 0.132. The molecule has 2 heterocycles. The lowest BCUT2D eigenvalue weighted by Gasteiger charge is -2.26. The molecule has 2 aliphatic rings. The monoisotopic (exact) mass is 486 g/mol. The Hall–Kier alpha value is -4.13. The van der Waals surface area contributed by atoms with Crippen LogP contribution in [0.1, 0.15) is 35.6 Å². The Labute approximate surface area is 209 Å². The first kappa shape index (κ1) is 23.6. The molecule has 3 aromatic carbocycles. The number of Topliss-reactive ketones (excluding diaryl/α,β-unsaturated/α-hetero) is 1. The summed E-state index contributed by atoms with van der Waals surface area (Å²) < 4.78 is 20.3. The van der Waals surface area contributed by atoms with Crippen LogP contribution in [0.2, 0.25) is 0 Å². The fourth-order valence-corrected chi connectivity index (χ4v) is 5.06. The van der Waals surface area contributed by atoms with Gasteiger partial charge in [-0.1, -0.05) is 18.2 Å². The van der Waals surface area contributed by atoms with Gasteiger partial charge < -0.3 is 14.7 Å². The van der Waals surface area contributed by atoms with Gasteiger partial charge in [0.15, 0.2) is 0 Å². The number of carbonyl (C=O) groups is 2. The van der Waals surface area contributed by atoms with Crippen LogP contribution in [-0.2, 0) is 9.59 Å². The summed E-state index contributed by atoms with van der Waals surface area (Å²) in [5.41, 5.74) is 2.50. The van der Waals surface area contributed by atoms with Crippen LogP contribution < -0.4 is 14.5 Å². The zero-order valence-corrected chi connectivity index (χ0v) is 20.2. The Kier molecular flexibility index (Phi) is 6.22. The van der Waals surface area contributed by atoms with Gasteiger partial charge >= 0.3 is 0 Å². The Bertz CT molecular complexity index is 1360. The van der Waals surface area contributed by atoms with Gasteiger partial charge in [0.1, 0.15) is 17.3 Å². The Morgan fingerprint density at radius 1 is 0.972 bits per heavy atom. The highest BCUT2D eigenvalue weighted by molar-refractivity contribution is 6.51. The van der Waals surface area contributed by atoms with E-state index in [2.05, 4.69) is 4.90 Å². The highest BCUT2D eigenvalue weighted by atomic mass is 19.1. The van der Waals surface area contributed by atoms with Gasteiger partial charge in [0.2, 0.25) is 0 Å². The third-order valence-electron chi connectivity index (χ3n) is 6.93. The topological polar surface area (TPSA) is 70.1 Å². The van der Waals surface area contributed by atoms with E-state index in [9.17, 15) is 14.7 Å². The molecule has 1 atom stereocenters. The SMILES string of the molecule is COc1ccc(/C(O)=C2\C(=O)C(=O)N(c3ccc(N4CCCC4)cc3)C2c2ccccc2F)c(C)c1. The van der Waals surface area contributed by atoms with Crippen LogP contribution in [0, 0.1) is 12.7 Å². The fourth-order valence-electron chi connectivity index (χ4n) is 5.06. The molecule has 1 N–H and O–H groups in total. The van der Waals surface area contributed by atoms with Crippen LogP contribution in [-0.4, -0.2) is 37.0 Å². The second kappa shape index (κ2) is 9.49. The number of hydrogen-bond acceptors (Lipinski definition) is 5. The van der Waals surface area contributed by atoms with Crippen molar-refractivity contribution < 1.29 is 23.8 Å². The van der Waals surface area contributed by atoms with Crippen LogP contribution >= 0.6 is 0 Å². The maximum atomic E-state index is 15.1. The van der Waals surface area contributed by atoms with E-state index in [1.54, 1.807) is 49.4 Å². The lowest BCUT2D eigenvalue weighted by atomic mass is 9.93. The lowest BCUT2D eigenvalue weighted by Crippen LogP contribution is -2.30. The number of nitrogens with zero attached hydrogens (tertiary/aromatic N) is 2. The Morgan fingerprint density at radius 2 is 1.64 bits per heavy atom. The van der Waals surface area contributed by atoms with Crippen molar-refractivity contribution in [1.82, 2.24) is 0 Å². The van der Waals surface area contributed by atoms with E-state index in [1.807, 2.05) is 12.1 Å². The number of aryl methyl sites for hydroxylation is 1. The van der Waals surface area contributed by atoms with Crippen molar-refractivity contribution in [3.05, 3.63) is 94.8 Å². The number of benzene rings is 3. The number of halogens is 1. The molecule has 0 spiro atoms. The van der Waals surface area contributed by atoms with E-state index in [0.29, 0.717) is 22.6 Å². The number of aliphatic hydroxyl groups is 1. The molecule has 36 heavy (non-hydrogen) atoms. The van der Waals surface area contributed by atoms with Crippen molar-refractivity contribution in [2.45, 2.75) is 25.8 Å². The number of hydrogen-bond donors (Lipinski definition) is 1. The summed E-state index contributed by atoms with van der Waals surface area (Å²) in [7, 11) is 1.53. The number of carbonyl (C=O) groups excluding carboxylic acids is 2. The van der Waals surface area contributed by atoms with E-state index in [1.165, 1.54) is 24.1 Å². The average molecular weight is 487 g/mol. The molecule has 0 saturated carbocycles. The molecule has 6 nitrogen and oxygen atoms in total. The fraction of sp³-hybridized carbons (Fsp3) is 0.241. The first-order valence-electron chi connectivity index (χ1n) is 12.0. The van der Waals surface area contributed by atoms with Crippen molar-refractivity contribution in [1.29, 1.82) is 0 Å². The third-order valence-corrected chi connectivity index (χ3v) is 6.93. The molecule has 7 heteroatoms. The number of ether oxygens (including phenoxy) is 1. The Morgan fingerprint density at radius 3 is 2.28 bits per heavy atom. The molecule has 1 amide bonds. The van der Waals surface area contributed by atoms with Crippen molar-refractivity contribution in [2.24, 2.45) is 0 Å². The highest BCUT2D eigenvalue weighted by Crippen LogP contribution is 2.43. The van der Waals surface area contributed by atoms with E-state index in [0.717, 1.165) is 31.6 Å². The van der Waals surface area contributed by atoms with Crippen LogP contribution in [0.5, 0.6) is 5.75 Å². The van der Waals surface area contributed by atoms with E-state index >= 15 is 4.39 Å². The number of rotatable bonds is 5. The van der Waals surface area contributed by atoms with Crippen molar-refractivity contribution in [3.8, 4) is 5.75 Å². The quantitative estimate of drug-likeness (QED) is 0.298. The molecular formula is C29H27FN2O4. The highest BCUT2D eigenvalue weighted by Gasteiger charge is 2.48. The van der Waals surface area contributed by atoms with Gasteiger partial charge in [0.05, 0.1) is 18.7 Å². The average Bonchev–Trinajstić information content (AvgIpc) is 3.51. The number of anilines is 2. The summed E-state index contributed by atoms with van der Waals surface area (Å²) in [6, 6.07) is 17.3. The van der Waals surface area contributed by atoms with Gasteiger partial charge in [-0.25, -0.2) is 4.39 Å². The molecule has 0 aliphatic carbocycles. The maximum absolute atomic E-state index is 15.1. The normalized spacial score (nSPS) is 19.2. The van der Waals surface area contributed by atoms with Crippen molar-refractivity contribution >= 4 is 28.8 Å². The van der Waals surface area contributed by atoms with Crippen LogP contribution in [0.3, 0.4) is 0 Å². The van der Waals surface area contributed by atoms with Crippen molar-refractivity contribution in [3.63, 3.8) is 0 Å². The summed E-state index contributed by atoms with van der Waals surface area (Å²) in [6.07, 6.45) is 2.27. The van der Waals surface area contributed by atoms with Gasteiger partial charge in [-0.2, -0.15) is 0 Å². The van der Waals surface area contributed by atoms with E-state index in [-0.39, 0.29) is 16.9 Å². The molecule has 3 aromatic rings. The second-order valence-electron chi connectivity index (χ2n) is 9.08. The first-order valence-corrected chi connectivity index (χ1v) is 12.0. The Balaban J connectivity index is 1.65. The zero-order valence-electron chi connectivity index (χ0n) is 20.2. The summed E-state index contributed by atoms with van der Waals surface area (Å²) in [5, 5.41) is 11.3. The van der Waals surface area contributed by atoms with Crippen LogP contribution in [0.15, 0.2) is 72.3 Å². The molecule has 5 rings (SSSR count).